The summed E-state index contributed by atoms with van der Waals surface area (Å²) >= 11 is 0. The van der Waals surface area contributed by atoms with Crippen molar-refractivity contribution in [1.82, 2.24) is 10.2 Å². The van der Waals surface area contributed by atoms with Crippen LogP contribution in [0.1, 0.15) is 46.0 Å². The zero-order chi connectivity index (χ0) is 14.0. The Morgan fingerprint density at radius 3 is 2.58 bits per heavy atom. The number of carbonyl (C=O) groups excluding carboxylic acids is 2. The van der Waals surface area contributed by atoms with Crippen LogP contribution in [0.4, 0.5) is 0 Å². The maximum absolute atomic E-state index is 12.9. The van der Waals surface area contributed by atoms with Crippen molar-refractivity contribution < 1.29 is 9.59 Å². The fourth-order valence-corrected chi connectivity index (χ4v) is 3.41. The van der Waals surface area contributed by atoms with E-state index < -0.39 is 5.41 Å². The summed E-state index contributed by atoms with van der Waals surface area (Å²) in [4.78, 5) is 26.5. The summed E-state index contributed by atoms with van der Waals surface area (Å²) in [7, 11) is 0. The number of nitrogens with two attached hydrogens (primary N) is 1. The Morgan fingerprint density at radius 2 is 2.00 bits per heavy atom. The van der Waals surface area contributed by atoms with Crippen molar-refractivity contribution in [3.8, 4) is 0 Å². The van der Waals surface area contributed by atoms with E-state index in [9.17, 15) is 9.59 Å². The van der Waals surface area contributed by atoms with Crippen molar-refractivity contribution >= 4 is 11.8 Å². The minimum atomic E-state index is -0.450. The fourth-order valence-electron chi connectivity index (χ4n) is 3.41. The monoisotopic (exact) mass is 267 g/mol. The lowest BCUT2D eigenvalue weighted by Gasteiger charge is -2.38. The number of nitrogens with zero attached hydrogens (tertiary/aromatic N) is 1. The van der Waals surface area contributed by atoms with Gasteiger partial charge in [-0.25, -0.2) is 0 Å². The average molecular weight is 267 g/mol. The van der Waals surface area contributed by atoms with Gasteiger partial charge in [0.2, 0.25) is 11.8 Å². The van der Waals surface area contributed by atoms with Crippen molar-refractivity contribution in [3.63, 3.8) is 0 Å². The molecule has 2 atom stereocenters. The summed E-state index contributed by atoms with van der Waals surface area (Å²) in [5, 5.41) is 2.90. The van der Waals surface area contributed by atoms with E-state index in [-0.39, 0.29) is 23.9 Å². The third-order valence-electron chi connectivity index (χ3n) is 5.01. The van der Waals surface area contributed by atoms with E-state index in [1.165, 1.54) is 0 Å². The number of hydrogen-bond acceptors (Lipinski definition) is 3. The highest BCUT2D eigenvalue weighted by Crippen LogP contribution is 2.35. The summed E-state index contributed by atoms with van der Waals surface area (Å²) in [5.41, 5.74) is 5.43. The maximum Gasteiger partial charge on any atom is 0.230 e. The van der Waals surface area contributed by atoms with Gasteiger partial charge in [0.1, 0.15) is 0 Å². The molecule has 0 aromatic heterocycles. The predicted octanol–water partition coefficient (Wildman–Crippen LogP) is 0.631. The molecule has 2 fully saturated rings. The molecular formula is C14H25N3O2. The topological polar surface area (TPSA) is 75.4 Å². The minimum Gasteiger partial charge on any atom is -0.354 e. The minimum absolute atomic E-state index is 0.0661. The van der Waals surface area contributed by atoms with Crippen LogP contribution in [-0.4, -0.2) is 41.9 Å². The van der Waals surface area contributed by atoms with Crippen molar-refractivity contribution in [3.05, 3.63) is 0 Å². The molecule has 5 heteroatoms. The van der Waals surface area contributed by atoms with Gasteiger partial charge in [-0.1, -0.05) is 13.8 Å². The molecule has 2 amide bonds. The second-order valence-electron chi connectivity index (χ2n) is 5.80. The Kier molecular flexibility index (Phi) is 4.13. The predicted molar refractivity (Wildman–Crippen MR) is 73.4 cm³/mol. The quantitative estimate of drug-likeness (QED) is 0.784. The smallest absolute Gasteiger partial charge is 0.230 e. The number of amides is 2. The molecule has 2 saturated heterocycles. The lowest BCUT2D eigenvalue weighted by atomic mass is 9.80. The van der Waals surface area contributed by atoms with Crippen LogP contribution in [0.2, 0.25) is 0 Å². The molecule has 0 radical (unpaired) electrons. The molecule has 2 heterocycles. The molecule has 5 nitrogen and oxygen atoms in total. The van der Waals surface area contributed by atoms with Crippen LogP contribution >= 0.6 is 0 Å². The summed E-state index contributed by atoms with van der Waals surface area (Å²) in [5.74, 6) is 0.223. The molecule has 0 aliphatic carbocycles. The second-order valence-corrected chi connectivity index (χ2v) is 5.80. The molecule has 0 saturated carbocycles. The van der Waals surface area contributed by atoms with Crippen molar-refractivity contribution in [2.24, 2.45) is 11.1 Å². The molecule has 0 spiro atoms. The zero-order valence-electron chi connectivity index (χ0n) is 11.9. The Bertz CT molecular complexity index is 357. The lowest BCUT2D eigenvalue weighted by Crippen LogP contribution is -2.52. The van der Waals surface area contributed by atoms with E-state index in [0.717, 1.165) is 25.7 Å². The van der Waals surface area contributed by atoms with Gasteiger partial charge in [-0.2, -0.15) is 0 Å². The van der Waals surface area contributed by atoms with Gasteiger partial charge in [0.05, 0.1) is 5.41 Å². The van der Waals surface area contributed by atoms with E-state index in [1.807, 2.05) is 18.7 Å². The SMILES string of the molecule is CCC(CC)(CN)C(=O)N1C2CCC1CC(=O)NC2. The first-order valence-corrected chi connectivity index (χ1v) is 7.37. The van der Waals surface area contributed by atoms with E-state index in [1.54, 1.807) is 0 Å². The van der Waals surface area contributed by atoms with Crippen LogP contribution in [0.5, 0.6) is 0 Å². The van der Waals surface area contributed by atoms with Crippen molar-refractivity contribution in [2.45, 2.75) is 58.0 Å². The van der Waals surface area contributed by atoms with Crippen LogP contribution in [-0.2, 0) is 9.59 Å². The van der Waals surface area contributed by atoms with Gasteiger partial charge in [-0.3, -0.25) is 9.59 Å². The van der Waals surface area contributed by atoms with Gasteiger partial charge in [-0.15, -0.1) is 0 Å². The normalized spacial score (nSPS) is 27.1. The van der Waals surface area contributed by atoms with Gasteiger partial charge in [0.15, 0.2) is 0 Å². The van der Waals surface area contributed by atoms with Gasteiger partial charge in [0.25, 0.3) is 0 Å². The van der Waals surface area contributed by atoms with Crippen LogP contribution in [0.25, 0.3) is 0 Å². The first kappa shape index (κ1) is 14.3. The van der Waals surface area contributed by atoms with Crippen molar-refractivity contribution in [1.29, 1.82) is 0 Å². The molecule has 0 aromatic rings. The van der Waals surface area contributed by atoms with Gasteiger partial charge in [-0.05, 0) is 25.7 Å². The zero-order valence-corrected chi connectivity index (χ0v) is 11.9. The van der Waals surface area contributed by atoms with E-state index in [2.05, 4.69) is 5.32 Å². The summed E-state index contributed by atoms with van der Waals surface area (Å²) < 4.78 is 0. The highest BCUT2D eigenvalue weighted by Gasteiger charge is 2.46. The molecule has 0 aromatic carbocycles. The third-order valence-corrected chi connectivity index (χ3v) is 5.01. The Hall–Kier alpha value is -1.10. The molecule has 108 valence electrons. The van der Waals surface area contributed by atoms with Crippen LogP contribution in [0.3, 0.4) is 0 Å². The highest BCUT2D eigenvalue weighted by atomic mass is 16.2. The molecule has 2 aliphatic rings. The lowest BCUT2D eigenvalue weighted by molar-refractivity contribution is -0.145. The molecular weight excluding hydrogens is 242 g/mol. The number of carbonyl (C=O) groups is 2. The van der Waals surface area contributed by atoms with Gasteiger partial charge >= 0.3 is 0 Å². The summed E-state index contributed by atoms with van der Waals surface area (Å²) in [6.45, 7) is 5.03. The first-order chi connectivity index (χ1) is 9.07. The maximum atomic E-state index is 12.9. The molecule has 2 bridgehead atoms. The Labute approximate surface area is 114 Å². The number of fused-ring (bicyclic) bond motifs is 2. The van der Waals surface area contributed by atoms with Crippen LogP contribution in [0, 0.1) is 5.41 Å². The van der Waals surface area contributed by atoms with Crippen LogP contribution in [0.15, 0.2) is 0 Å². The fraction of sp³-hybridized carbons (Fsp3) is 0.857. The number of hydrogen-bond donors (Lipinski definition) is 2. The standard InChI is InChI=1S/C14H25N3O2/c1-3-14(4-2,9-15)13(19)17-10-5-6-11(17)8-16-12(18)7-10/h10-11H,3-9,15H2,1-2H3,(H,16,18). The van der Waals surface area contributed by atoms with E-state index >= 15 is 0 Å². The third kappa shape index (κ3) is 2.36. The summed E-state index contributed by atoms with van der Waals surface area (Å²) in [6, 6.07) is 0.233. The summed E-state index contributed by atoms with van der Waals surface area (Å²) in [6.07, 6.45) is 3.89. The van der Waals surface area contributed by atoms with Gasteiger partial charge < -0.3 is 16.0 Å². The largest absolute Gasteiger partial charge is 0.354 e. The van der Waals surface area contributed by atoms with Crippen molar-refractivity contribution in [2.75, 3.05) is 13.1 Å². The second kappa shape index (κ2) is 5.49. The molecule has 3 N–H and O–H groups in total. The molecule has 2 aliphatic heterocycles. The number of rotatable bonds is 4. The van der Waals surface area contributed by atoms with Gasteiger partial charge in [0, 0.05) is 31.6 Å². The molecule has 2 unspecified atom stereocenters. The first-order valence-electron chi connectivity index (χ1n) is 7.37. The Balaban J connectivity index is 2.25. The highest BCUT2D eigenvalue weighted by molar-refractivity contribution is 5.86. The Morgan fingerprint density at radius 1 is 1.37 bits per heavy atom. The van der Waals surface area contributed by atoms with E-state index in [0.29, 0.717) is 19.5 Å². The molecule has 19 heavy (non-hydrogen) atoms. The van der Waals surface area contributed by atoms with Crippen LogP contribution < -0.4 is 11.1 Å². The number of nitrogens with one attached hydrogen (secondary N) is 1. The molecule has 2 rings (SSSR count). The van der Waals surface area contributed by atoms with E-state index in [4.69, 9.17) is 5.73 Å². The average Bonchev–Trinajstić information content (AvgIpc) is 2.72.